The maximum atomic E-state index is 12.7. The first-order valence-electron chi connectivity index (χ1n) is 13.2. The molecule has 38 heavy (non-hydrogen) atoms. The molecule has 2 fully saturated rings. The zero-order valence-electron chi connectivity index (χ0n) is 21.8. The van der Waals surface area contributed by atoms with Crippen LogP contribution in [0.3, 0.4) is 0 Å². The third kappa shape index (κ3) is 7.14. The summed E-state index contributed by atoms with van der Waals surface area (Å²) in [5.41, 5.74) is 1.02. The van der Waals surface area contributed by atoms with Crippen molar-refractivity contribution in [2.75, 3.05) is 42.1 Å². The normalized spacial score (nSPS) is 16.1. The number of benzene rings is 1. The van der Waals surface area contributed by atoms with E-state index < -0.39 is 5.54 Å². The maximum Gasteiger partial charge on any atom is 0.321 e. The average Bonchev–Trinajstić information content (AvgIpc) is 3.59. The lowest BCUT2D eigenvalue weighted by atomic mass is 9.96. The quantitative estimate of drug-likeness (QED) is 0.239. The van der Waals surface area contributed by atoms with E-state index in [4.69, 9.17) is 7.85 Å². The third-order valence-electron chi connectivity index (χ3n) is 6.82. The molecule has 1 aromatic carbocycles. The summed E-state index contributed by atoms with van der Waals surface area (Å²) in [6, 6.07) is 7.26. The zero-order chi connectivity index (χ0) is 27.0. The fourth-order valence-corrected chi connectivity index (χ4v) is 4.91. The van der Waals surface area contributed by atoms with Gasteiger partial charge < -0.3 is 31.5 Å². The van der Waals surface area contributed by atoms with Crippen LogP contribution in [0.1, 0.15) is 51.9 Å². The number of rotatable bonds is 10. The van der Waals surface area contributed by atoms with Crippen LogP contribution in [0.5, 0.6) is 0 Å². The minimum Gasteiger partial charge on any atom is -0.370 e. The predicted molar refractivity (Wildman–Crippen MR) is 148 cm³/mol. The molecule has 1 aliphatic carbocycles. The molecule has 2 radical (unpaired) electrons. The van der Waals surface area contributed by atoms with Crippen molar-refractivity contribution < 1.29 is 14.4 Å². The summed E-state index contributed by atoms with van der Waals surface area (Å²) >= 11 is 0. The SMILES string of the molecule is [B]c1cnc(Nc2cccc(NC(=O)N3CCCC3)c2)nc1NCCCNC(=O)C1(NC(C)=O)CCCC1. The number of carbonyl (C=O) groups excluding carboxylic acids is 3. The molecule has 1 aliphatic heterocycles. The standard InChI is InChI=1S/C26H35BN8O3/c1-18(36)34-26(10-2-3-11-26)23(37)29-13-7-12-28-22-21(27)17-30-24(33-22)31-19-8-6-9-20(16-19)32-25(38)35-14-4-5-15-35/h6,8-9,16-17H,2-5,7,10-15H2,1H3,(H,29,37)(H,32,38)(H,34,36)(H2,28,30,31,33). The van der Waals surface area contributed by atoms with Crippen molar-refractivity contribution in [2.24, 2.45) is 0 Å². The zero-order valence-corrected chi connectivity index (χ0v) is 21.8. The molecule has 5 N–H and O–H groups in total. The van der Waals surface area contributed by atoms with E-state index in [9.17, 15) is 14.4 Å². The Kier molecular flexibility index (Phi) is 9.04. The van der Waals surface area contributed by atoms with Crippen LogP contribution in [0.2, 0.25) is 0 Å². The number of aromatic nitrogens is 2. The second-order valence-electron chi connectivity index (χ2n) is 9.83. The Balaban J connectivity index is 1.26. The number of nitrogens with zero attached hydrogens (tertiary/aromatic N) is 3. The van der Waals surface area contributed by atoms with E-state index in [0.717, 1.165) is 44.5 Å². The Labute approximate surface area is 224 Å². The molecule has 2 aromatic rings. The van der Waals surface area contributed by atoms with Crippen LogP contribution in [0.25, 0.3) is 0 Å². The predicted octanol–water partition coefficient (Wildman–Crippen LogP) is 2.01. The van der Waals surface area contributed by atoms with Gasteiger partial charge in [-0.2, -0.15) is 4.98 Å². The number of hydrogen-bond acceptors (Lipinski definition) is 7. The summed E-state index contributed by atoms with van der Waals surface area (Å²) in [6.45, 7) is 3.99. The highest BCUT2D eigenvalue weighted by molar-refractivity contribution is 6.35. The van der Waals surface area contributed by atoms with Gasteiger partial charge in [0.05, 0.1) is 0 Å². The molecule has 1 saturated heterocycles. The van der Waals surface area contributed by atoms with E-state index in [2.05, 4.69) is 36.6 Å². The van der Waals surface area contributed by atoms with Crippen molar-refractivity contribution in [1.29, 1.82) is 0 Å². The molecule has 200 valence electrons. The molecule has 12 heteroatoms. The van der Waals surface area contributed by atoms with Gasteiger partial charge in [0.15, 0.2) is 0 Å². The first-order chi connectivity index (χ1) is 18.3. The fourth-order valence-electron chi connectivity index (χ4n) is 4.91. The van der Waals surface area contributed by atoms with Gasteiger partial charge in [0.2, 0.25) is 17.8 Å². The number of likely N-dealkylation sites (tertiary alicyclic amines) is 1. The van der Waals surface area contributed by atoms with Gasteiger partial charge in [0, 0.05) is 50.7 Å². The van der Waals surface area contributed by atoms with Gasteiger partial charge in [0.25, 0.3) is 0 Å². The third-order valence-corrected chi connectivity index (χ3v) is 6.82. The average molecular weight is 518 g/mol. The van der Waals surface area contributed by atoms with Gasteiger partial charge in [-0.1, -0.05) is 18.9 Å². The first kappa shape index (κ1) is 27.2. The van der Waals surface area contributed by atoms with Crippen molar-refractivity contribution in [2.45, 2.75) is 57.4 Å². The number of anilines is 4. The second-order valence-corrected chi connectivity index (χ2v) is 9.83. The van der Waals surface area contributed by atoms with E-state index in [1.54, 1.807) is 0 Å². The maximum absolute atomic E-state index is 12.7. The summed E-state index contributed by atoms with van der Waals surface area (Å²) in [6.07, 6.45) is 7.42. The Morgan fingerprint density at radius 2 is 1.79 bits per heavy atom. The molecule has 1 aromatic heterocycles. The van der Waals surface area contributed by atoms with E-state index in [1.165, 1.54) is 13.1 Å². The van der Waals surface area contributed by atoms with Crippen molar-refractivity contribution in [3.63, 3.8) is 0 Å². The number of urea groups is 1. The van der Waals surface area contributed by atoms with Crippen LogP contribution in [-0.4, -0.2) is 72.3 Å². The summed E-state index contributed by atoms with van der Waals surface area (Å²) in [4.78, 5) is 47.2. The lowest BCUT2D eigenvalue weighted by Gasteiger charge is -2.28. The van der Waals surface area contributed by atoms with Crippen molar-refractivity contribution in [1.82, 2.24) is 25.5 Å². The molecule has 0 bridgehead atoms. The molecule has 2 aliphatic rings. The highest BCUT2D eigenvalue weighted by Crippen LogP contribution is 2.30. The van der Waals surface area contributed by atoms with Gasteiger partial charge >= 0.3 is 6.03 Å². The summed E-state index contributed by atoms with van der Waals surface area (Å²) in [5.74, 6) is 0.525. The molecule has 0 unspecified atom stereocenters. The Hall–Kier alpha value is -3.83. The summed E-state index contributed by atoms with van der Waals surface area (Å²) in [7, 11) is 6.05. The van der Waals surface area contributed by atoms with Crippen LogP contribution >= 0.6 is 0 Å². The van der Waals surface area contributed by atoms with Crippen molar-refractivity contribution >= 4 is 54.3 Å². The lowest BCUT2D eigenvalue weighted by molar-refractivity contribution is -0.132. The number of carbonyl (C=O) groups is 3. The minimum atomic E-state index is -0.787. The summed E-state index contributed by atoms with van der Waals surface area (Å²) in [5, 5.41) is 15.1. The topological polar surface area (TPSA) is 140 Å². The molecule has 4 rings (SSSR count). The van der Waals surface area contributed by atoms with Crippen LogP contribution < -0.4 is 32.0 Å². The molecule has 11 nitrogen and oxygen atoms in total. The molecule has 0 atom stereocenters. The number of amides is 4. The van der Waals surface area contributed by atoms with Crippen LogP contribution in [-0.2, 0) is 9.59 Å². The van der Waals surface area contributed by atoms with E-state index in [1.807, 2.05) is 29.2 Å². The first-order valence-corrected chi connectivity index (χ1v) is 13.2. The van der Waals surface area contributed by atoms with Gasteiger partial charge in [-0.05, 0) is 55.8 Å². The van der Waals surface area contributed by atoms with E-state index in [0.29, 0.717) is 55.3 Å². The Morgan fingerprint density at radius 1 is 1.05 bits per heavy atom. The molecule has 4 amide bonds. The van der Waals surface area contributed by atoms with Gasteiger partial charge in [-0.3, -0.25) is 9.59 Å². The number of hydrogen-bond donors (Lipinski definition) is 5. The van der Waals surface area contributed by atoms with Crippen LogP contribution in [0.4, 0.5) is 27.9 Å². The lowest BCUT2D eigenvalue weighted by Crippen LogP contribution is -2.56. The smallest absolute Gasteiger partial charge is 0.321 e. The molecule has 2 heterocycles. The molecule has 0 spiro atoms. The van der Waals surface area contributed by atoms with E-state index >= 15 is 0 Å². The van der Waals surface area contributed by atoms with Gasteiger partial charge in [-0.25, -0.2) is 9.78 Å². The molecule has 1 saturated carbocycles. The van der Waals surface area contributed by atoms with E-state index in [-0.39, 0.29) is 17.8 Å². The Bertz CT molecular complexity index is 1150. The monoisotopic (exact) mass is 518 g/mol. The van der Waals surface area contributed by atoms with Crippen molar-refractivity contribution in [3.05, 3.63) is 30.5 Å². The van der Waals surface area contributed by atoms with Crippen molar-refractivity contribution in [3.8, 4) is 0 Å². The second kappa shape index (κ2) is 12.6. The highest BCUT2D eigenvalue weighted by Gasteiger charge is 2.41. The summed E-state index contributed by atoms with van der Waals surface area (Å²) < 4.78 is 0. The van der Waals surface area contributed by atoms with Gasteiger partial charge in [0.1, 0.15) is 19.2 Å². The molecular weight excluding hydrogens is 483 g/mol. The van der Waals surface area contributed by atoms with Crippen LogP contribution in [0.15, 0.2) is 30.5 Å². The highest BCUT2D eigenvalue weighted by atomic mass is 16.2. The van der Waals surface area contributed by atoms with Gasteiger partial charge in [-0.15, -0.1) is 0 Å². The number of nitrogens with one attached hydrogen (secondary N) is 5. The molecular formula is C26H35BN8O3. The Morgan fingerprint density at radius 3 is 2.53 bits per heavy atom. The fraction of sp³-hybridized carbons (Fsp3) is 0.500. The minimum absolute atomic E-state index is 0.0976. The van der Waals surface area contributed by atoms with Crippen LogP contribution in [0, 0.1) is 0 Å². The largest absolute Gasteiger partial charge is 0.370 e.